The van der Waals surface area contributed by atoms with E-state index in [0.717, 1.165) is 11.1 Å². The van der Waals surface area contributed by atoms with Crippen LogP contribution < -0.4 is 9.47 Å². The summed E-state index contributed by atoms with van der Waals surface area (Å²) in [6.07, 6.45) is 1.69. The molecule has 0 amide bonds. The number of hydrazone groups is 1. The van der Waals surface area contributed by atoms with Crippen molar-refractivity contribution in [2.75, 3.05) is 13.0 Å². The van der Waals surface area contributed by atoms with Crippen molar-refractivity contribution in [2.45, 2.75) is 12.5 Å². The predicted octanol–water partition coefficient (Wildman–Crippen LogP) is 2.53. The Morgan fingerprint density at radius 2 is 1.83 bits per heavy atom. The first-order valence-corrected chi connectivity index (χ1v) is 9.39. The number of nitrogens with zero attached hydrogens (tertiary/aromatic N) is 2. The van der Waals surface area contributed by atoms with Gasteiger partial charge in [0, 0.05) is 12.0 Å². The highest BCUT2D eigenvalue weighted by molar-refractivity contribution is 7.88. The molecule has 0 N–H and O–H groups in total. The van der Waals surface area contributed by atoms with Crippen LogP contribution in [0.3, 0.4) is 0 Å². The second-order valence-corrected chi connectivity index (χ2v) is 7.62. The molecular weight excluding hydrogens is 328 g/mol. The summed E-state index contributed by atoms with van der Waals surface area (Å²) >= 11 is 0. The Bertz CT molecular complexity index is 909. The van der Waals surface area contributed by atoms with E-state index in [9.17, 15) is 8.42 Å². The van der Waals surface area contributed by atoms with Crippen LogP contribution in [0, 0.1) is 0 Å². The highest BCUT2D eigenvalue weighted by atomic mass is 32.2. The van der Waals surface area contributed by atoms with Gasteiger partial charge in [0.05, 0.1) is 18.0 Å². The second-order valence-electron chi connectivity index (χ2n) is 5.78. The first-order chi connectivity index (χ1) is 11.5. The highest BCUT2D eigenvalue weighted by Crippen LogP contribution is 2.37. The molecule has 0 aliphatic carbocycles. The highest BCUT2D eigenvalue weighted by Gasteiger charge is 2.34. The Labute approximate surface area is 140 Å². The predicted molar refractivity (Wildman–Crippen MR) is 89.6 cm³/mol. The lowest BCUT2D eigenvalue weighted by atomic mass is 9.99. The Morgan fingerprint density at radius 1 is 1.08 bits per heavy atom. The van der Waals surface area contributed by atoms with Gasteiger partial charge in [-0.25, -0.2) is 8.42 Å². The zero-order valence-electron chi connectivity index (χ0n) is 13.0. The van der Waals surface area contributed by atoms with Crippen LogP contribution in [0.2, 0.25) is 0 Å². The lowest BCUT2D eigenvalue weighted by molar-refractivity contribution is 0.174. The van der Waals surface area contributed by atoms with Crippen molar-refractivity contribution < 1.29 is 17.9 Å². The lowest BCUT2D eigenvalue weighted by Crippen LogP contribution is -2.25. The topological polar surface area (TPSA) is 68.2 Å². The van der Waals surface area contributed by atoms with Gasteiger partial charge >= 0.3 is 0 Å². The summed E-state index contributed by atoms with van der Waals surface area (Å²) in [4.78, 5) is 0. The van der Waals surface area contributed by atoms with Crippen molar-refractivity contribution in [3.63, 3.8) is 0 Å². The first-order valence-electron chi connectivity index (χ1n) is 7.54. The molecule has 0 fully saturated rings. The number of rotatable bonds is 3. The molecular formula is C17H16N2O4S. The number of hydrogen-bond acceptors (Lipinski definition) is 5. The molecule has 2 heterocycles. The fourth-order valence-corrected chi connectivity index (χ4v) is 3.87. The fourth-order valence-electron chi connectivity index (χ4n) is 2.97. The quantitative estimate of drug-likeness (QED) is 0.858. The van der Waals surface area contributed by atoms with Gasteiger partial charge in [-0.2, -0.15) is 9.52 Å². The van der Waals surface area contributed by atoms with Crippen LogP contribution in [0.4, 0.5) is 0 Å². The van der Waals surface area contributed by atoms with Gasteiger partial charge in [-0.15, -0.1) is 0 Å². The van der Waals surface area contributed by atoms with Crippen LogP contribution in [-0.4, -0.2) is 31.6 Å². The standard InChI is InChI=1S/C17H16N2O4S/c1-24(20,21)19-15(12-5-3-2-4-6-12)10-14(18-19)13-7-8-16-17(9-13)23-11-22-16/h2-9,15H,10-11H2,1H3/t15-/m1/s1. The van der Waals surface area contributed by atoms with Crippen LogP contribution in [0.25, 0.3) is 0 Å². The first kappa shape index (κ1) is 15.0. The molecule has 2 aliphatic heterocycles. The molecule has 0 aromatic heterocycles. The Morgan fingerprint density at radius 3 is 2.58 bits per heavy atom. The zero-order chi connectivity index (χ0) is 16.7. The van der Waals surface area contributed by atoms with E-state index >= 15 is 0 Å². The number of fused-ring (bicyclic) bond motifs is 1. The summed E-state index contributed by atoms with van der Waals surface area (Å²) in [5.41, 5.74) is 2.47. The van der Waals surface area contributed by atoms with Crippen LogP contribution in [0.5, 0.6) is 11.5 Å². The van der Waals surface area contributed by atoms with Crippen molar-refractivity contribution in [1.29, 1.82) is 0 Å². The van der Waals surface area contributed by atoms with Gasteiger partial charge in [-0.1, -0.05) is 30.3 Å². The lowest BCUT2D eigenvalue weighted by Gasteiger charge is -2.21. The van der Waals surface area contributed by atoms with Crippen LogP contribution in [0.15, 0.2) is 53.6 Å². The summed E-state index contributed by atoms with van der Waals surface area (Å²) < 4.78 is 36.2. The van der Waals surface area contributed by atoms with Gasteiger partial charge in [-0.3, -0.25) is 0 Å². The minimum absolute atomic E-state index is 0.202. The largest absolute Gasteiger partial charge is 0.454 e. The van der Waals surface area contributed by atoms with Gasteiger partial charge in [0.15, 0.2) is 11.5 Å². The molecule has 0 saturated carbocycles. The molecule has 0 spiro atoms. The van der Waals surface area contributed by atoms with Crippen molar-refractivity contribution in [1.82, 2.24) is 4.41 Å². The van der Waals surface area contributed by atoms with Crippen LogP contribution >= 0.6 is 0 Å². The minimum Gasteiger partial charge on any atom is -0.454 e. The molecule has 2 aliphatic rings. The van der Waals surface area contributed by atoms with E-state index < -0.39 is 10.0 Å². The summed E-state index contributed by atoms with van der Waals surface area (Å²) in [5.74, 6) is 1.35. The Kier molecular flexibility index (Phi) is 3.45. The van der Waals surface area contributed by atoms with E-state index in [1.807, 2.05) is 48.5 Å². The molecule has 0 bridgehead atoms. The molecule has 2 aromatic rings. The van der Waals surface area contributed by atoms with Crippen molar-refractivity contribution in [2.24, 2.45) is 5.10 Å². The average Bonchev–Trinajstić information content (AvgIpc) is 3.21. The number of hydrogen-bond donors (Lipinski definition) is 0. The van der Waals surface area contributed by atoms with Crippen molar-refractivity contribution in [3.8, 4) is 11.5 Å². The molecule has 1 atom stereocenters. The molecule has 24 heavy (non-hydrogen) atoms. The molecule has 0 radical (unpaired) electrons. The van der Waals surface area contributed by atoms with Crippen LogP contribution in [-0.2, 0) is 10.0 Å². The molecule has 4 rings (SSSR count). The average molecular weight is 344 g/mol. The third kappa shape index (κ3) is 2.60. The van der Waals surface area contributed by atoms with Gasteiger partial charge in [0.1, 0.15) is 0 Å². The van der Waals surface area contributed by atoms with E-state index in [0.29, 0.717) is 23.6 Å². The van der Waals surface area contributed by atoms with Gasteiger partial charge < -0.3 is 9.47 Å². The molecule has 2 aromatic carbocycles. The molecule has 7 heteroatoms. The third-order valence-corrected chi connectivity index (χ3v) is 5.12. The minimum atomic E-state index is -3.46. The summed E-state index contributed by atoms with van der Waals surface area (Å²) in [5, 5.41) is 4.38. The van der Waals surface area contributed by atoms with Crippen LogP contribution in [0.1, 0.15) is 23.6 Å². The Balaban J connectivity index is 1.72. The number of ether oxygens (including phenoxy) is 2. The zero-order valence-corrected chi connectivity index (χ0v) is 13.9. The molecule has 0 unspecified atom stereocenters. The normalized spacial score (nSPS) is 19.5. The fraction of sp³-hybridized carbons (Fsp3) is 0.235. The van der Waals surface area contributed by atoms with Gasteiger partial charge in [0.25, 0.3) is 0 Å². The van der Waals surface area contributed by atoms with E-state index in [2.05, 4.69) is 5.10 Å². The van der Waals surface area contributed by atoms with Gasteiger partial charge in [0.2, 0.25) is 16.8 Å². The molecule has 124 valence electrons. The van der Waals surface area contributed by atoms with Crippen molar-refractivity contribution >= 4 is 15.7 Å². The maximum absolute atomic E-state index is 12.2. The SMILES string of the molecule is CS(=O)(=O)N1N=C(c2ccc3c(c2)OCO3)C[C@@H]1c1ccccc1. The van der Waals surface area contributed by atoms with E-state index in [1.54, 1.807) is 0 Å². The number of sulfonamides is 1. The molecule has 6 nitrogen and oxygen atoms in total. The Hall–Kier alpha value is -2.54. The summed E-state index contributed by atoms with van der Waals surface area (Å²) in [6, 6.07) is 14.7. The maximum atomic E-state index is 12.2. The third-order valence-electron chi connectivity index (χ3n) is 4.10. The van der Waals surface area contributed by atoms with Gasteiger partial charge in [-0.05, 0) is 23.8 Å². The van der Waals surface area contributed by atoms with Crippen molar-refractivity contribution in [3.05, 3.63) is 59.7 Å². The smallest absolute Gasteiger partial charge is 0.247 e. The molecule has 0 saturated heterocycles. The summed E-state index contributed by atoms with van der Waals surface area (Å²) in [7, 11) is -3.46. The number of benzene rings is 2. The van der Waals surface area contributed by atoms with E-state index in [1.165, 1.54) is 10.7 Å². The second kappa shape index (κ2) is 5.52. The summed E-state index contributed by atoms with van der Waals surface area (Å²) in [6.45, 7) is 0.202. The van der Waals surface area contributed by atoms with E-state index in [4.69, 9.17) is 9.47 Å². The van der Waals surface area contributed by atoms with E-state index in [-0.39, 0.29) is 12.8 Å². The monoisotopic (exact) mass is 344 g/mol. The maximum Gasteiger partial charge on any atom is 0.247 e.